The van der Waals surface area contributed by atoms with E-state index in [1.807, 2.05) is 13.8 Å². The summed E-state index contributed by atoms with van der Waals surface area (Å²) in [5, 5.41) is 11.7. The summed E-state index contributed by atoms with van der Waals surface area (Å²) in [5.74, 6) is -0.497. The molecule has 0 aliphatic rings. The van der Waals surface area contributed by atoms with E-state index in [0.717, 1.165) is 10.9 Å². The molecule has 4 rings (SSSR count). The average Bonchev–Trinajstić information content (AvgIpc) is 3.46. The van der Waals surface area contributed by atoms with Crippen LogP contribution in [-0.4, -0.2) is 56.8 Å². The van der Waals surface area contributed by atoms with Gasteiger partial charge in [0.15, 0.2) is 5.65 Å². The van der Waals surface area contributed by atoms with E-state index < -0.39 is 20.6 Å². The first-order valence-corrected chi connectivity index (χ1v) is 17.1. The van der Waals surface area contributed by atoms with E-state index in [9.17, 15) is 13.6 Å². The number of amides is 1. The molecule has 208 valence electrons. The van der Waals surface area contributed by atoms with E-state index in [1.165, 1.54) is 23.0 Å². The molecule has 39 heavy (non-hydrogen) atoms. The first-order chi connectivity index (χ1) is 18.5. The van der Waals surface area contributed by atoms with Crippen molar-refractivity contribution in [3.63, 3.8) is 0 Å². The maximum absolute atomic E-state index is 13.4. The number of hydrogen-bond acceptors (Lipinski definition) is 7. The number of rotatable bonds is 12. The lowest BCUT2D eigenvalue weighted by Gasteiger charge is -2.18. The zero-order valence-electron chi connectivity index (χ0n) is 22.5. The van der Waals surface area contributed by atoms with Crippen molar-refractivity contribution in [3.05, 3.63) is 54.6 Å². The van der Waals surface area contributed by atoms with E-state index in [2.05, 4.69) is 40.1 Å². The van der Waals surface area contributed by atoms with Crippen LogP contribution in [0.25, 0.3) is 16.9 Å². The number of hydrogen-bond donors (Lipinski definition) is 1. The molecule has 13 heteroatoms. The molecule has 0 atom stereocenters. The Morgan fingerprint density at radius 1 is 1.18 bits per heavy atom. The van der Waals surface area contributed by atoms with Gasteiger partial charge in [0.25, 0.3) is 5.91 Å². The number of thioether (sulfide) groups is 1. The third kappa shape index (κ3) is 7.43. The Morgan fingerprint density at radius 3 is 2.69 bits per heavy atom. The van der Waals surface area contributed by atoms with E-state index in [4.69, 9.17) is 9.47 Å². The minimum absolute atomic E-state index is 0.0323. The van der Waals surface area contributed by atoms with Gasteiger partial charge in [-0.3, -0.25) is 4.79 Å². The van der Waals surface area contributed by atoms with Gasteiger partial charge in [0, 0.05) is 42.8 Å². The maximum Gasteiger partial charge on any atom is 0.387 e. The van der Waals surface area contributed by atoms with Gasteiger partial charge in [-0.1, -0.05) is 33.5 Å². The van der Waals surface area contributed by atoms with Crippen molar-refractivity contribution in [2.75, 3.05) is 11.9 Å². The molecule has 0 aliphatic heterocycles. The molecule has 3 heterocycles. The average molecular weight is 575 g/mol. The number of halogens is 2. The summed E-state index contributed by atoms with van der Waals surface area (Å²) in [7, 11) is -1.33. The topological polar surface area (TPSA) is 95.6 Å². The molecule has 4 aromatic rings. The highest BCUT2D eigenvalue weighted by molar-refractivity contribution is 7.99. The normalized spacial score (nSPS) is 12.0. The smallest absolute Gasteiger partial charge is 0.387 e. The molecule has 0 saturated carbocycles. The predicted octanol–water partition coefficient (Wildman–Crippen LogP) is 6.26. The molecule has 1 aromatic carbocycles. The number of nitrogens with one attached hydrogen (secondary N) is 1. The maximum atomic E-state index is 13.4. The number of aromatic nitrogens is 5. The van der Waals surface area contributed by atoms with Crippen molar-refractivity contribution in [1.29, 1.82) is 0 Å². The number of alkyl halides is 2. The quantitative estimate of drug-likeness (QED) is 0.121. The molecule has 1 N–H and O–H groups in total. The second-order valence-corrected chi connectivity index (χ2v) is 17.6. The summed E-state index contributed by atoms with van der Waals surface area (Å²) in [6, 6.07) is 7.68. The first kappa shape index (κ1) is 28.7. The van der Waals surface area contributed by atoms with Crippen LogP contribution in [0.15, 0.2) is 53.9 Å². The molecule has 0 spiro atoms. The molecule has 0 bridgehead atoms. The van der Waals surface area contributed by atoms with Crippen LogP contribution in [0.4, 0.5) is 14.5 Å². The first-order valence-electron chi connectivity index (χ1n) is 12.5. The fourth-order valence-corrected chi connectivity index (χ4v) is 5.44. The van der Waals surface area contributed by atoms with Crippen molar-refractivity contribution >= 4 is 37.1 Å². The highest BCUT2D eigenvalue weighted by atomic mass is 32.2. The van der Waals surface area contributed by atoms with Gasteiger partial charge >= 0.3 is 6.61 Å². The molecule has 0 unspecified atom stereocenters. The van der Waals surface area contributed by atoms with Gasteiger partial charge in [-0.05, 0) is 30.3 Å². The number of benzene rings is 1. The molecular weight excluding hydrogens is 542 g/mol. The molecule has 0 fully saturated rings. The molecule has 0 saturated heterocycles. The summed E-state index contributed by atoms with van der Waals surface area (Å²) < 4.78 is 40.7. The molecule has 3 aromatic heterocycles. The number of ether oxygens (including phenoxy) is 2. The molecule has 9 nitrogen and oxygen atoms in total. The van der Waals surface area contributed by atoms with Crippen LogP contribution in [0.2, 0.25) is 25.7 Å². The van der Waals surface area contributed by atoms with Crippen LogP contribution in [0.5, 0.6) is 5.75 Å². The molecular formula is C26H32F2N6O3SSi. The Morgan fingerprint density at radius 2 is 1.97 bits per heavy atom. The van der Waals surface area contributed by atoms with Gasteiger partial charge in [-0.15, -0.1) is 11.8 Å². The van der Waals surface area contributed by atoms with Crippen LogP contribution >= 0.6 is 11.8 Å². The largest absolute Gasteiger partial charge is 0.434 e. The minimum atomic E-state index is -3.03. The zero-order chi connectivity index (χ0) is 28.2. The fourth-order valence-electron chi connectivity index (χ4n) is 3.80. The fraction of sp³-hybridized carbons (Fsp3) is 0.385. The number of carbonyl (C=O) groups excluding carboxylic acids is 1. The number of anilines is 1. The SMILES string of the molecule is CC(C)Sc1ccc(OC(F)F)c(-c2c(NC(=O)c3cnn4cccnc34)cnn2COCC[Si](C)(C)C)c1. The zero-order valence-corrected chi connectivity index (χ0v) is 24.3. The number of fused-ring (bicyclic) bond motifs is 1. The summed E-state index contributed by atoms with van der Waals surface area (Å²) >= 11 is 1.58. The van der Waals surface area contributed by atoms with Crippen LogP contribution in [0, 0.1) is 0 Å². The predicted molar refractivity (Wildman–Crippen MR) is 150 cm³/mol. The Bertz CT molecular complexity index is 1440. The van der Waals surface area contributed by atoms with E-state index in [1.54, 1.807) is 47.0 Å². The highest BCUT2D eigenvalue weighted by Crippen LogP contribution is 2.39. The Balaban J connectivity index is 1.74. The summed E-state index contributed by atoms with van der Waals surface area (Å²) in [4.78, 5) is 18.4. The monoisotopic (exact) mass is 574 g/mol. The van der Waals surface area contributed by atoms with Crippen LogP contribution in [-0.2, 0) is 11.5 Å². The Kier molecular flexibility index (Phi) is 9.03. The Hall–Kier alpha value is -3.29. The molecule has 0 aliphatic carbocycles. The van der Waals surface area contributed by atoms with Crippen molar-refractivity contribution in [1.82, 2.24) is 24.4 Å². The summed E-state index contributed by atoms with van der Waals surface area (Å²) in [6.45, 7) is 8.43. The third-order valence-corrected chi connectivity index (χ3v) is 8.32. The van der Waals surface area contributed by atoms with Gasteiger partial charge in [0.05, 0.1) is 23.8 Å². The van der Waals surface area contributed by atoms with Gasteiger partial charge in [-0.2, -0.15) is 19.0 Å². The second-order valence-electron chi connectivity index (χ2n) is 10.4. The van der Waals surface area contributed by atoms with E-state index >= 15 is 0 Å². The highest BCUT2D eigenvalue weighted by Gasteiger charge is 2.23. The molecule has 1 amide bonds. The van der Waals surface area contributed by atoms with E-state index in [-0.39, 0.29) is 23.3 Å². The van der Waals surface area contributed by atoms with Crippen LogP contribution in [0.1, 0.15) is 24.2 Å². The lowest BCUT2D eigenvalue weighted by Crippen LogP contribution is -2.22. The van der Waals surface area contributed by atoms with Gasteiger partial charge < -0.3 is 14.8 Å². The van der Waals surface area contributed by atoms with E-state index in [0.29, 0.717) is 29.2 Å². The van der Waals surface area contributed by atoms with Gasteiger partial charge in [-0.25, -0.2) is 14.2 Å². The lowest BCUT2D eigenvalue weighted by atomic mass is 10.1. The Labute approximate surface area is 230 Å². The van der Waals surface area contributed by atoms with Crippen molar-refractivity contribution in [3.8, 4) is 17.0 Å². The standard InChI is InChI=1S/C26H32F2N6O3SSi/c1-17(2)38-18-7-8-22(37-26(27)28)19(13-18)23-21(15-31-34(23)16-36-11-12-39(3,4)5)32-25(35)20-14-30-33-10-6-9-29-24(20)33/h6-10,13-15,17,26H,11-12,16H2,1-5H3,(H,32,35). The summed E-state index contributed by atoms with van der Waals surface area (Å²) in [6.07, 6.45) is 6.15. The van der Waals surface area contributed by atoms with Gasteiger partial charge in [0.1, 0.15) is 18.0 Å². The van der Waals surface area contributed by atoms with Crippen molar-refractivity contribution in [2.45, 2.75) is 63.0 Å². The minimum Gasteiger partial charge on any atom is -0.434 e. The summed E-state index contributed by atoms with van der Waals surface area (Å²) in [5.41, 5.74) is 1.71. The van der Waals surface area contributed by atoms with Gasteiger partial charge in [0.2, 0.25) is 0 Å². The molecule has 0 radical (unpaired) electrons. The lowest BCUT2D eigenvalue weighted by molar-refractivity contribution is -0.0495. The number of nitrogens with zero attached hydrogens (tertiary/aromatic N) is 5. The van der Waals surface area contributed by atoms with Crippen LogP contribution < -0.4 is 10.1 Å². The van der Waals surface area contributed by atoms with Crippen LogP contribution in [0.3, 0.4) is 0 Å². The number of carbonyl (C=O) groups is 1. The second kappa shape index (κ2) is 12.3. The van der Waals surface area contributed by atoms with Crippen molar-refractivity contribution < 1.29 is 23.0 Å². The van der Waals surface area contributed by atoms with Crippen molar-refractivity contribution in [2.24, 2.45) is 0 Å². The third-order valence-electron chi connectivity index (χ3n) is 5.62.